The lowest BCUT2D eigenvalue weighted by molar-refractivity contribution is 0.102. The molecule has 2 aromatic carbocycles. The van der Waals surface area contributed by atoms with Crippen LogP contribution in [0.1, 0.15) is 10.4 Å². The maximum atomic E-state index is 13.7. The van der Waals surface area contributed by atoms with Crippen molar-refractivity contribution in [2.75, 3.05) is 5.75 Å². The van der Waals surface area contributed by atoms with Gasteiger partial charge in [-0.15, -0.1) is 5.10 Å². The van der Waals surface area contributed by atoms with Crippen molar-refractivity contribution in [1.29, 1.82) is 0 Å². The fourth-order valence-electron chi connectivity index (χ4n) is 1.93. The van der Waals surface area contributed by atoms with Crippen LogP contribution in [0.25, 0.3) is 11.4 Å². The second-order valence-corrected chi connectivity index (χ2v) is 6.04. The maximum absolute atomic E-state index is 13.7. The molecule has 0 aliphatic carbocycles. The Bertz CT molecular complexity index is 835. The van der Waals surface area contributed by atoms with E-state index in [-0.39, 0.29) is 17.4 Å². The monoisotopic (exact) mass is 347 g/mol. The molecule has 0 aliphatic rings. The van der Waals surface area contributed by atoms with Crippen LogP contribution in [-0.4, -0.2) is 26.7 Å². The van der Waals surface area contributed by atoms with Crippen LogP contribution in [0.2, 0.25) is 5.02 Å². The van der Waals surface area contributed by atoms with Crippen LogP contribution in [0.15, 0.2) is 53.7 Å². The molecule has 7 heteroatoms. The summed E-state index contributed by atoms with van der Waals surface area (Å²) in [4.78, 5) is 16.3. The molecule has 3 aromatic rings. The van der Waals surface area contributed by atoms with Crippen LogP contribution >= 0.6 is 23.4 Å². The number of nitrogens with one attached hydrogen (secondary N) is 1. The summed E-state index contributed by atoms with van der Waals surface area (Å²) in [7, 11) is 0. The average Bonchev–Trinajstić information content (AvgIpc) is 3.02. The second kappa shape index (κ2) is 6.93. The maximum Gasteiger partial charge on any atom is 0.209 e. The molecule has 0 unspecified atom stereocenters. The predicted molar refractivity (Wildman–Crippen MR) is 88.3 cm³/mol. The van der Waals surface area contributed by atoms with Crippen molar-refractivity contribution in [1.82, 2.24) is 15.2 Å². The lowest BCUT2D eigenvalue weighted by atomic mass is 10.1. The zero-order valence-corrected chi connectivity index (χ0v) is 13.4. The van der Waals surface area contributed by atoms with Crippen LogP contribution < -0.4 is 0 Å². The summed E-state index contributed by atoms with van der Waals surface area (Å²) in [5.41, 5.74) is 0.919. The van der Waals surface area contributed by atoms with E-state index in [1.54, 1.807) is 42.5 Å². The molecule has 4 nitrogen and oxygen atoms in total. The van der Waals surface area contributed by atoms with Gasteiger partial charge < -0.3 is 0 Å². The van der Waals surface area contributed by atoms with Gasteiger partial charge in [0.2, 0.25) is 5.16 Å². The quantitative estimate of drug-likeness (QED) is 0.554. The molecule has 0 amide bonds. The van der Waals surface area contributed by atoms with E-state index in [9.17, 15) is 9.18 Å². The lowest BCUT2D eigenvalue weighted by Gasteiger charge is -1.99. The number of aromatic amines is 1. The molecule has 1 aromatic heterocycles. The molecule has 116 valence electrons. The predicted octanol–water partition coefficient (Wildman–Crippen LogP) is 4.24. The first-order valence-corrected chi connectivity index (χ1v) is 8.09. The van der Waals surface area contributed by atoms with Crippen LogP contribution in [-0.2, 0) is 0 Å². The number of H-pyrrole nitrogens is 1. The van der Waals surface area contributed by atoms with Crippen LogP contribution in [0.5, 0.6) is 0 Å². The Morgan fingerprint density at radius 1 is 1.17 bits per heavy atom. The molecule has 0 bridgehead atoms. The molecule has 1 heterocycles. The molecule has 3 rings (SSSR count). The number of nitrogens with zero attached hydrogens (tertiary/aromatic N) is 2. The molecule has 0 saturated heterocycles. The summed E-state index contributed by atoms with van der Waals surface area (Å²) in [5.74, 6) is 0.0989. The number of hydrogen-bond donors (Lipinski definition) is 1. The third-order valence-electron chi connectivity index (χ3n) is 3.09. The van der Waals surface area contributed by atoms with Crippen LogP contribution in [0, 0.1) is 5.82 Å². The zero-order valence-electron chi connectivity index (χ0n) is 11.8. The van der Waals surface area contributed by atoms with Crippen LogP contribution in [0.4, 0.5) is 4.39 Å². The highest BCUT2D eigenvalue weighted by atomic mass is 35.5. The van der Waals surface area contributed by atoms with Gasteiger partial charge in [0.1, 0.15) is 5.82 Å². The number of halogens is 2. The van der Waals surface area contributed by atoms with Gasteiger partial charge in [-0.05, 0) is 36.4 Å². The van der Waals surface area contributed by atoms with E-state index < -0.39 is 0 Å². The van der Waals surface area contributed by atoms with Gasteiger partial charge in [0, 0.05) is 10.6 Å². The summed E-state index contributed by atoms with van der Waals surface area (Å²) in [6.45, 7) is 0. The van der Waals surface area contributed by atoms with Gasteiger partial charge in [0.05, 0.1) is 11.3 Å². The van der Waals surface area contributed by atoms with Crippen molar-refractivity contribution < 1.29 is 9.18 Å². The van der Waals surface area contributed by atoms with E-state index in [0.717, 1.165) is 0 Å². The first-order valence-electron chi connectivity index (χ1n) is 6.72. The van der Waals surface area contributed by atoms with E-state index in [4.69, 9.17) is 11.6 Å². The molecular weight excluding hydrogens is 337 g/mol. The van der Waals surface area contributed by atoms with Gasteiger partial charge in [0.15, 0.2) is 11.6 Å². The topological polar surface area (TPSA) is 58.6 Å². The van der Waals surface area contributed by atoms with Gasteiger partial charge in [-0.2, -0.15) is 0 Å². The Balaban J connectivity index is 1.67. The fraction of sp³-hybridized carbons (Fsp3) is 0.0625. The third-order valence-corrected chi connectivity index (χ3v) is 4.19. The normalized spacial score (nSPS) is 10.7. The van der Waals surface area contributed by atoms with E-state index in [1.807, 2.05) is 0 Å². The molecule has 23 heavy (non-hydrogen) atoms. The van der Waals surface area contributed by atoms with Crippen molar-refractivity contribution in [3.63, 3.8) is 0 Å². The van der Waals surface area contributed by atoms with E-state index in [2.05, 4.69) is 15.2 Å². The van der Waals surface area contributed by atoms with E-state index in [1.165, 1.54) is 17.8 Å². The number of carbonyl (C=O) groups excluding carboxylic acids is 1. The lowest BCUT2D eigenvalue weighted by Crippen LogP contribution is -2.02. The minimum absolute atomic E-state index is 0.0519. The molecule has 1 N–H and O–H groups in total. The number of Topliss-reactive ketones (excluding diaryl/α,β-unsaturated/α-hetero) is 1. The molecule has 0 fully saturated rings. The smallest absolute Gasteiger partial charge is 0.209 e. The van der Waals surface area contributed by atoms with Crippen molar-refractivity contribution in [2.24, 2.45) is 0 Å². The fourth-order valence-corrected chi connectivity index (χ4v) is 2.75. The highest BCUT2D eigenvalue weighted by Crippen LogP contribution is 2.22. The van der Waals surface area contributed by atoms with Gasteiger partial charge in [-0.3, -0.25) is 9.89 Å². The van der Waals surface area contributed by atoms with Gasteiger partial charge in [-0.1, -0.05) is 35.5 Å². The Hall–Kier alpha value is -2.18. The van der Waals surface area contributed by atoms with Crippen LogP contribution in [0.3, 0.4) is 0 Å². The number of thioether (sulfide) groups is 1. The summed E-state index contributed by atoms with van der Waals surface area (Å²) >= 11 is 6.98. The minimum atomic E-state index is -0.377. The SMILES string of the molecule is O=C(CSc1n[nH]c(-c2ccccc2F)n1)c1ccc(Cl)cc1. The zero-order chi connectivity index (χ0) is 16.2. The number of ketones is 1. The van der Waals surface area contributed by atoms with E-state index >= 15 is 0 Å². The molecule has 0 spiro atoms. The molecule has 0 saturated carbocycles. The standard InChI is InChI=1S/C16H11ClFN3OS/c17-11-7-5-10(6-8-11)14(22)9-23-16-19-15(20-21-16)12-3-1-2-4-13(12)18/h1-8H,9H2,(H,19,20,21). The highest BCUT2D eigenvalue weighted by molar-refractivity contribution is 7.99. The molecule has 0 atom stereocenters. The Labute approximate surface area is 141 Å². The average molecular weight is 348 g/mol. The summed E-state index contributed by atoms with van der Waals surface area (Å²) in [6.07, 6.45) is 0. The number of rotatable bonds is 5. The summed E-state index contributed by atoms with van der Waals surface area (Å²) in [5, 5.41) is 7.66. The Kier molecular flexibility index (Phi) is 4.73. The minimum Gasteiger partial charge on any atom is -0.293 e. The van der Waals surface area contributed by atoms with Crippen molar-refractivity contribution >= 4 is 29.1 Å². The third kappa shape index (κ3) is 3.78. The molecule has 0 radical (unpaired) electrons. The largest absolute Gasteiger partial charge is 0.293 e. The van der Waals surface area contributed by atoms with Gasteiger partial charge in [-0.25, -0.2) is 9.37 Å². The number of hydrogen-bond acceptors (Lipinski definition) is 4. The van der Waals surface area contributed by atoms with Gasteiger partial charge >= 0.3 is 0 Å². The van der Waals surface area contributed by atoms with Gasteiger partial charge in [0.25, 0.3) is 0 Å². The number of carbonyl (C=O) groups is 1. The van der Waals surface area contributed by atoms with Crippen molar-refractivity contribution in [2.45, 2.75) is 5.16 Å². The Morgan fingerprint density at radius 3 is 2.65 bits per heavy atom. The first kappa shape index (κ1) is 15.7. The summed E-state index contributed by atoms with van der Waals surface area (Å²) < 4.78 is 13.7. The van der Waals surface area contributed by atoms with E-state index in [0.29, 0.717) is 27.1 Å². The second-order valence-electron chi connectivity index (χ2n) is 4.67. The van der Waals surface area contributed by atoms with Crippen molar-refractivity contribution in [3.05, 3.63) is 64.9 Å². The Morgan fingerprint density at radius 2 is 1.91 bits per heavy atom. The molecule has 0 aliphatic heterocycles. The highest BCUT2D eigenvalue weighted by Gasteiger charge is 2.12. The number of aromatic nitrogens is 3. The first-order chi connectivity index (χ1) is 11.1. The number of benzene rings is 2. The molecular formula is C16H11ClFN3OS. The summed E-state index contributed by atoms with van der Waals surface area (Å²) in [6, 6.07) is 13.0. The van der Waals surface area contributed by atoms with Crippen molar-refractivity contribution in [3.8, 4) is 11.4 Å².